The molecule has 3 rings (SSSR count). The van der Waals surface area contributed by atoms with Gasteiger partial charge in [-0.05, 0) is 48.1 Å². The van der Waals surface area contributed by atoms with E-state index in [0.29, 0.717) is 11.3 Å². The molecule has 1 heterocycles. The minimum atomic E-state index is -0.453. The van der Waals surface area contributed by atoms with Crippen LogP contribution in [0.4, 0.5) is 5.82 Å². The van der Waals surface area contributed by atoms with Gasteiger partial charge in [-0.15, -0.1) is 10.2 Å². The summed E-state index contributed by atoms with van der Waals surface area (Å²) in [5.41, 5.74) is 8.82. The van der Waals surface area contributed by atoms with Crippen LogP contribution in [0, 0.1) is 5.41 Å². The van der Waals surface area contributed by atoms with Crippen LogP contribution >= 0.6 is 0 Å². The number of hydrogen-bond acceptors (Lipinski definition) is 4. The van der Waals surface area contributed by atoms with Gasteiger partial charge in [-0.1, -0.05) is 56.3 Å². The number of aryl methyl sites for hydroxylation is 1. The molecule has 5 heteroatoms. The summed E-state index contributed by atoms with van der Waals surface area (Å²) in [5.74, 6) is 0.286. The normalized spacial score (nSPS) is 11.2. The Morgan fingerprint density at radius 3 is 2.46 bits per heavy atom. The van der Waals surface area contributed by atoms with Gasteiger partial charge in [-0.25, -0.2) is 0 Å². The summed E-state index contributed by atoms with van der Waals surface area (Å²) in [7, 11) is 0. The van der Waals surface area contributed by atoms with Crippen molar-refractivity contribution in [1.82, 2.24) is 10.2 Å². The van der Waals surface area contributed by atoms with Gasteiger partial charge in [0.1, 0.15) is 5.82 Å². The van der Waals surface area contributed by atoms with E-state index in [1.165, 1.54) is 5.56 Å². The van der Waals surface area contributed by atoms with Gasteiger partial charge in [0, 0.05) is 17.7 Å². The number of primary amides is 1. The number of nitrogens with two attached hydrogens (primary N) is 1. The fourth-order valence-electron chi connectivity index (χ4n) is 2.96. The number of carbonyl (C=O) groups is 1. The third-order valence-electron chi connectivity index (χ3n) is 4.79. The highest BCUT2D eigenvalue weighted by molar-refractivity contribution is 5.93. The van der Waals surface area contributed by atoms with Crippen molar-refractivity contribution in [3.8, 4) is 11.3 Å². The first-order chi connectivity index (χ1) is 13.4. The van der Waals surface area contributed by atoms with E-state index in [4.69, 9.17) is 5.73 Å². The zero-order valence-electron chi connectivity index (χ0n) is 16.4. The summed E-state index contributed by atoms with van der Waals surface area (Å²) in [6.45, 7) is 5.31. The molecule has 28 heavy (non-hydrogen) atoms. The van der Waals surface area contributed by atoms with E-state index in [1.54, 1.807) is 18.2 Å². The van der Waals surface area contributed by atoms with E-state index >= 15 is 0 Å². The van der Waals surface area contributed by atoms with Crippen LogP contribution in [0.5, 0.6) is 0 Å². The van der Waals surface area contributed by atoms with Crippen molar-refractivity contribution >= 4 is 11.7 Å². The molecule has 0 aliphatic carbocycles. The molecule has 5 nitrogen and oxygen atoms in total. The Hall–Kier alpha value is -3.21. The SMILES string of the molecule is CC(C)(CCc1ccccc1)CNc1ccc(-c2cccc(C(N)=O)c2)nn1. The van der Waals surface area contributed by atoms with Gasteiger partial charge in [-0.2, -0.15) is 0 Å². The molecule has 144 valence electrons. The van der Waals surface area contributed by atoms with E-state index in [0.717, 1.165) is 30.8 Å². The predicted molar refractivity (Wildman–Crippen MR) is 113 cm³/mol. The quantitative estimate of drug-likeness (QED) is 0.615. The molecular formula is C23H26N4O. The third-order valence-corrected chi connectivity index (χ3v) is 4.79. The Morgan fingerprint density at radius 2 is 1.79 bits per heavy atom. The molecule has 1 amide bonds. The number of nitrogens with zero attached hydrogens (tertiary/aromatic N) is 2. The van der Waals surface area contributed by atoms with Gasteiger partial charge in [0.2, 0.25) is 5.91 Å². The van der Waals surface area contributed by atoms with Gasteiger partial charge < -0.3 is 11.1 Å². The smallest absolute Gasteiger partial charge is 0.248 e. The third kappa shape index (κ3) is 5.39. The summed E-state index contributed by atoms with van der Waals surface area (Å²) in [6, 6.07) is 21.4. The van der Waals surface area contributed by atoms with Crippen molar-refractivity contribution in [2.24, 2.45) is 11.1 Å². The number of rotatable bonds is 8. The van der Waals surface area contributed by atoms with Crippen LogP contribution in [0.3, 0.4) is 0 Å². The standard InChI is InChI=1S/C23H26N4O/c1-23(2,14-13-17-7-4-3-5-8-17)16-25-21-12-11-20(26-27-21)18-9-6-10-19(15-18)22(24)28/h3-12,15H,13-14,16H2,1-2H3,(H2,24,28)(H,25,27). The van der Waals surface area contributed by atoms with Gasteiger partial charge in [-0.3, -0.25) is 4.79 Å². The number of hydrogen-bond donors (Lipinski definition) is 2. The highest BCUT2D eigenvalue weighted by Crippen LogP contribution is 2.24. The number of anilines is 1. The highest BCUT2D eigenvalue weighted by atomic mass is 16.1. The average molecular weight is 374 g/mol. The minimum absolute atomic E-state index is 0.131. The van der Waals surface area contributed by atoms with Gasteiger partial charge in [0.05, 0.1) is 5.69 Å². The lowest BCUT2D eigenvalue weighted by atomic mass is 9.86. The second-order valence-electron chi connectivity index (χ2n) is 7.75. The van der Waals surface area contributed by atoms with Crippen LogP contribution in [0.1, 0.15) is 36.2 Å². The Morgan fingerprint density at radius 1 is 1.00 bits per heavy atom. The molecule has 0 aliphatic heterocycles. The molecule has 0 unspecified atom stereocenters. The maximum Gasteiger partial charge on any atom is 0.248 e. The first-order valence-corrected chi connectivity index (χ1v) is 9.45. The molecule has 3 N–H and O–H groups in total. The van der Waals surface area contributed by atoms with Gasteiger partial charge in [0.25, 0.3) is 0 Å². The second-order valence-corrected chi connectivity index (χ2v) is 7.75. The van der Waals surface area contributed by atoms with Gasteiger partial charge >= 0.3 is 0 Å². The average Bonchev–Trinajstić information content (AvgIpc) is 2.72. The molecule has 1 aromatic heterocycles. The molecule has 0 saturated carbocycles. The number of amides is 1. The zero-order valence-corrected chi connectivity index (χ0v) is 16.4. The summed E-state index contributed by atoms with van der Waals surface area (Å²) in [4.78, 5) is 11.3. The zero-order chi connectivity index (χ0) is 20.0. The molecule has 0 spiro atoms. The van der Waals surface area contributed by atoms with E-state index in [9.17, 15) is 4.79 Å². The molecule has 0 fully saturated rings. The van der Waals surface area contributed by atoms with Crippen LogP contribution in [0.15, 0.2) is 66.7 Å². The first-order valence-electron chi connectivity index (χ1n) is 9.45. The Labute approximate surface area is 166 Å². The first kappa shape index (κ1) is 19.5. The predicted octanol–water partition coefficient (Wildman–Crippen LogP) is 4.31. The maximum absolute atomic E-state index is 11.3. The molecule has 0 saturated heterocycles. The van der Waals surface area contributed by atoms with Gasteiger partial charge in [0.15, 0.2) is 0 Å². The van der Waals surface area contributed by atoms with E-state index in [-0.39, 0.29) is 5.41 Å². The largest absolute Gasteiger partial charge is 0.368 e. The van der Waals surface area contributed by atoms with Crippen molar-refractivity contribution in [1.29, 1.82) is 0 Å². The molecule has 3 aromatic rings. The lowest BCUT2D eigenvalue weighted by molar-refractivity contribution is 0.100. The topological polar surface area (TPSA) is 80.9 Å². The van der Waals surface area contributed by atoms with Crippen LogP contribution in [0.2, 0.25) is 0 Å². The summed E-state index contributed by atoms with van der Waals surface area (Å²) < 4.78 is 0. The number of aromatic nitrogens is 2. The number of nitrogens with one attached hydrogen (secondary N) is 1. The lowest BCUT2D eigenvalue weighted by Gasteiger charge is -2.25. The fraction of sp³-hybridized carbons (Fsp3) is 0.261. The Balaban J connectivity index is 1.58. The van der Waals surface area contributed by atoms with Crippen LogP contribution in [-0.4, -0.2) is 22.6 Å². The van der Waals surface area contributed by atoms with Crippen LogP contribution in [0.25, 0.3) is 11.3 Å². The maximum atomic E-state index is 11.3. The molecule has 2 aromatic carbocycles. The molecule has 0 atom stereocenters. The fourth-order valence-corrected chi connectivity index (χ4v) is 2.96. The van der Waals surface area contributed by atoms with Crippen LogP contribution in [-0.2, 0) is 6.42 Å². The second kappa shape index (κ2) is 8.65. The highest BCUT2D eigenvalue weighted by Gasteiger charge is 2.18. The molecule has 0 bridgehead atoms. The van der Waals surface area contributed by atoms with E-state index in [1.807, 2.05) is 24.3 Å². The molecular weight excluding hydrogens is 348 g/mol. The van der Waals surface area contributed by atoms with Crippen molar-refractivity contribution in [2.45, 2.75) is 26.7 Å². The van der Waals surface area contributed by atoms with Crippen molar-refractivity contribution in [3.63, 3.8) is 0 Å². The summed E-state index contributed by atoms with van der Waals surface area (Å²) in [6.07, 6.45) is 2.13. The number of benzene rings is 2. The molecule has 0 aliphatic rings. The minimum Gasteiger partial charge on any atom is -0.368 e. The molecule has 0 radical (unpaired) electrons. The summed E-state index contributed by atoms with van der Waals surface area (Å²) >= 11 is 0. The van der Waals surface area contributed by atoms with E-state index in [2.05, 4.69) is 53.6 Å². The van der Waals surface area contributed by atoms with Crippen molar-refractivity contribution in [2.75, 3.05) is 11.9 Å². The van der Waals surface area contributed by atoms with Crippen molar-refractivity contribution < 1.29 is 4.79 Å². The number of carbonyl (C=O) groups excluding carboxylic acids is 1. The lowest BCUT2D eigenvalue weighted by Crippen LogP contribution is -2.24. The Bertz CT molecular complexity index is 921. The van der Waals surface area contributed by atoms with Crippen molar-refractivity contribution in [3.05, 3.63) is 77.9 Å². The van der Waals surface area contributed by atoms with E-state index < -0.39 is 5.91 Å². The van der Waals surface area contributed by atoms with Crippen LogP contribution < -0.4 is 11.1 Å². The Kier molecular flexibility index (Phi) is 6.04. The summed E-state index contributed by atoms with van der Waals surface area (Å²) in [5, 5.41) is 11.9. The monoisotopic (exact) mass is 374 g/mol.